The zero-order valence-corrected chi connectivity index (χ0v) is 17.6. The molecule has 1 aromatic heterocycles. The number of aryl methyl sites for hydroxylation is 2. The van der Waals surface area contributed by atoms with Crippen LogP contribution in [0.4, 0.5) is 11.6 Å². The summed E-state index contributed by atoms with van der Waals surface area (Å²) in [5, 5.41) is 21.3. The second-order valence-electron chi connectivity index (χ2n) is 7.40. The van der Waals surface area contributed by atoms with Gasteiger partial charge in [0.15, 0.2) is 0 Å². The maximum Gasteiger partial charge on any atom is 0.278 e. The van der Waals surface area contributed by atoms with Crippen molar-refractivity contribution in [1.82, 2.24) is 0 Å². The molecule has 6 heteroatoms. The van der Waals surface area contributed by atoms with E-state index in [0.717, 1.165) is 22.3 Å². The Labute approximate surface area is 185 Å². The van der Waals surface area contributed by atoms with Crippen molar-refractivity contribution in [3.63, 3.8) is 0 Å². The topological polar surface area (TPSA) is 92.4 Å². The molecular weight excluding hydrogens is 402 g/mol. The van der Waals surface area contributed by atoms with Gasteiger partial charge in [-0.15, -0.1) is 0 Å². The van der Waals surface area contributed by atoms with Crippen LogP contribution in [-0.2, 0) is 0 Å². The average molecular weight is 421 g/mol. The molecule has 0 saturated carbocycles. The van der Waals surface area contributed by atoms with Gasteiger partial charge in [0.1, 0.15) is 17.4 Å². The summed E-state index contributed by atoms with van der Waals surface area (Å²) in [4.78, 5) is 15.2. The van der Waals surface area contributed by atoms with Crippen molar-refractivity contribution in [2.24, 2.45) is 4.99 Å². The quantitative estimate of drug-likeness (QED) is 0.202. The molecule has 0 spiro atoms. The molecule has 4 rings (SSSR count). The molecule has 0 saturated heterocycles. The first-order chi connectivity index (χ1) is 15.5. The zero-order valence-electron chi connectivity index (χ0n) is 17.6. The van der Waals surface area contributed by atoms with Gasteiger partial charge in [-0.05, 0) is 25.5 Å². The van der Waals surface area contributed by atoms with E-state index >= 15 is 0 Å². The van der Waals surface area contributed by atoms with Gasteiger partial charge in [0.2, 0.25) is 5.88 Å². The van der Waals surface area contributed by atoms with Crippen molar-refractivity contribution < 1.29 is 9.34 Å². The molecule has 156 valence electrons. The Bertz CT molecular complexity index is 1360. The summed E-state index contributed by atoms with van der Waals surface area (Å²) >= 11 is 0. The van der Waals surface area contributed by atoms with E-state index in [1.807, 2.05) is 62.4 Å². The molecule has 0 aliphatic rings. The largest absolute Gasteiger partial charge is 0.436 e. The Balaban J connectivity index is 1.90. The normalized spacial score (nSPS) is 10.9. The summed E-state index contributed by atoms with van der Waals surface area (Å²) in [5.41, 5.74) is 5.03. The zero-order chi connectivity index (χ0) is 22.7. The highest BCUT2D eigenvalue weighted by Gasteiger charge is 2.23. The first kappa shape index (κ1) is 20.8. The van der Waals surface area contributed by atoms with Crippen LogP contribution in [0, 0.1) is 35.3 Å². The molecule has 0 bridgehead atoms. The van der Waals surface area contributed by atoms with Gasteiger partial charge in [-0.3, -0.25) is 10.1 Å². The minimum Gasteiger partial charge on any atom is -0.436 e. The summed E-state index contributed by atoms with van der Waals surface area (Å²) in [5.74, 6) is 0.636. The lowest BCUT2D eigenvalue weighted by Gasteiger charge is -2.05. The summed E-state index contributed by atoms with van der Waals surface area (Å²) in [6.45, 7) is 3.99. The molecule has 1 heterocycles. The molecule has 0 atom stereocenters. The summed E-state index contributed by atoms with van der Waals surface area (Å²) in [6.07, 6.45) is 1.36. The van der Waals surface area contributed by atoms with E-state index in [0.29, 0.717) is 16.9 Å². The van der Waals surface area contributed by atoms with Crippen LogP contribution < -0.4 is 0 Å². The molecule has 4 aromatic rings. The van der Waals surface area contributed by atoms with Crippen molar-refractivity contribution in [3.8, 4) is 28.5 Å². The van der Waals surface area contributed by atoms with E-state index in [1.165, 1.54) is 12.3 Å². The highest BCUT2D eigenvalue weighted by molar-refractivity contribution is 5.91. The van der Waals surface area contributed by atoms with E-state index in [2.05, 4.69) is 11.1 Å². The highest BCUT2D eigenvalue weighted by atomic mass is 16.6. The van der Waals surface area contributed by atoms with Gasteiger partial charge >= 0.3 is 0 Å². The van der Waals surface area contributed by atoms with Crippen LogP contribution >= 0.6 is 0 Å². The molecule has 32 heavy (non-hydrogen) atoms. The van der Waals surface area contributed by atoms with Crippen molar-refractivity contribution >= 4 is 17.8 Å². The van der Waals surface area contributed by atoms with Gasteiger partial charge < -0.3 is 4.42 Å². The molecule has 6 nitrogen and oxygen atoms in total. The number of para-hydroxylation sites is 1. The second kappa shape index (κ2) is 8.70. The van der Waals surface area contributed by atoms with E-state index in [1.54, 1.807) is 18.2 Å². The van der Waals surface area contributed by atoms with E-state index in [-0.39, 0.29) is 17.1 Å². The van der Waals surface area contributed by atoms with Gasteiger partial charge in [0, 0.05) is 23.4 Å². The molecule has 0 unspecified atom stereocenters. The van der Waals surface area contributed by atoms with Crippen molar-refractivity contribution in [2.45, 2.75) is 13.8 Å². The van der Waals surface area contributed by atoms with E-state index in [9.17, 15) is 15.4 Å². The minimum absolute atomic E-state index is 0.0705. The number of furan rings is 1. The number of aliphatic imine (C=N–C) groups is 1. The number of benzene rings is 3. The smallest absolute Gasteiger partial charge is 0.278 e. The Morgan fingerprint density at radius 1 is 0.938 bits per heavy atom. The number of rotatable bonds is 5. The maximum absolute atomic E-state index is 11.3. The number of nitriles is 1. The SMILES string of the molecule is Cc1ccc(-c2oc(N=Cc3ccccc3[N+](=O)[O-])c(C#N)c2-c2ccc(C)cc2)cc1. The van der Waals surface area contributed by atoms with Crippen LogP contribution in [0.3, 0.4) is 0 Å². The van der Waals surface area contributed by atoms with E-state index in [4.69, 9.17) is 4.42 Å². The number of nitro benzene ring substituents is 1. The van der Waals surface area contributed by atoms with Gasteiger partial charge in [0.25, 0.3) is 5.69 Å². The fourth-order valence-corrected chi connectivity index (χ4v) is 3.41. The van der Waals surface area contributed by atoms with Crippen LogP contribution in [-0.4, -0.2) is 11.1 Å². The molecule has 3 aromatic carbocycles. The van der Waals surface area contributed by atoms with Crippen LogP contribution in [0.1, 0.15) is 22.3 Å². The predicted octanol–water partition coefficient (Wildman–Crippen LogP) is 6.76. The average Bonchev–Trinajstić information content (AvgIpc) is 3.17. The van der Waals surface area contributed by atoms with Crippen LogP contribution in [0.25, 0.3) is 22.5 Å². The van der Waals surface area contributed by atoms with E-state index < -0.39 is 4.92 Å². The standard InChI is InChI=1S/C26H19N3O3/c1-17-7-11-19(12-8-17)24-22(15-27)26(32-25(24)20-13-9-18(2)10-14-20)28-16-21-5-3-4-6-23(21)29(30)31/h3-14,16H,1-2H3. The molecule has 0 amide bonds. The van der Waals surface area contributed by atoms with Gasteiger partial charge in [0.05, 0.1) is 10.5 Å². The van der Waals surface area contributed by atoms with Crippen LogP contribution in [0.2, 0.25) is 0 Å². The highest BCUT2D eigenvalue weighted by Crippen LogP contribution is 2.42. The third kappa shape index (κ3) is 4.05. The Kier molecular flexibility index (Phi) is 5.65. The van der Waals surface area contributed by atoms with Gasteiger partial charge in [-0.2, -0.15) is 5.26 Å². The Morgan fingerprint density at radius 2 is 1.53 bits per heavy atom. The lowest BCUT2D eigenvalue weighted by molar-refractivity contribution is -0.385. The van der Waals surface area contributed by atoms with Crippen LogP contribution in [0.5, 0.6) is 0 Å². The van der Waals surface area contributed by atoms with Crippen LogP contribution in [0.15, 0.2) is 82.2 Å². The Hall–Kier alpha value is -4.50. The lowest BCUT2D eigenvalue weighted by Crippen LogP contribution is -1.93. The summed E-state index contributed by atoms with van der Waals surface area (Å²) in [6, 6.07) is 24.1. The Morgan fingerprint density at radius 3 is 2.12 bits per heavy atom. The number of nitrogens with zero attached hydrogens (tertiary/aromatic N) is 3. The monoisotopic (exact) mass is 421 g/mol. The van der Waals surface area contributed by atoms with Crippen molar-refractivity contribution in [2.75, 3.05) is 0 Å². The fourth-order valence-electron chi connectivity index (χ4n) is 3.41. The minimum atomic E-state index is -0.468. The van der Waals surface area contributed by atoms with Crippen molar-refractivity contribution in [3.05, 3.63) is 105 Å². The lowest BCUT2D eigenvalue weighted by atomic mass is 9.97. The number of hydrogen-bond acceptors (Lipinski definition) is 5. The molecule has 0 aliphatic heterocycles. The molecule has 0 aliphatic carbocycles. The third-order valence-electron chi connectivity index (χ3n) is 5.11. The van der Waals surface area contributed by atoms with Gasteiger partial charge in [-0.1, -0.05) is 71.8 Å². The molecule has 0 radical (unpaired) electrons. The number of hydrogen-bond donors (Lipinski definition) is 0. The second-order valence-corrected chi connectivity index (χ2v) is 7.40. The molecule has 0 fully saturated rings. The molecular formula is C26H19N3O3. The van der Waals surface area contributed by atoms with Gasteiger partial charge in [-0.25, -0.2) is 4.99 Å². The maximum atomic E-state index is 11.3. The first-order valence-corrected chi connectivity index (χ1v) is 9.96. The summed E-state index contributed by atoms with van der Waals surface area (Å²) < 4.78 is 6.08. The van der Waals surface area contributed by atoms with Crippen molar-refractivity contribution in [1.29, 1.82) is 5.26 Å². The fraction of sp³-hybridized carbons (Fsp3) is 0.0769. The number of nitro groups is 1. The first-order valence-electron chi connectivity index (χ1n) is 9.96. The predicted molar refractivity (Wildman–Crippen MR) is 124 cm³/mol. The summed E-state index contributed by atoms with van der Waals surface area (Å²) in [7, 11) is 0. The molecule has 0 N–H and O–H groups in total. The third-order valence-corrected chi connectivity index (χ3v) is 5.11.